The summed E-state index contributed by atoms with van der Waals surface area (Å²) in [4.78, 5) is 35.6. The van der Waals surface area contributed by atoms with Crippen molar-refractivity contribution in [2.24, 2.45) is 5.92 Å². The number of rotatable bonds is 9. The number of pyridine rings is 2. The number of esters is 1. The van der Waals surface area contributed by atoms with Crippen LogP contribution in [0.4, 0.5) is 10.6 Å². The van der Waals surface area contributed by atoms with E-state index in [9.17, 15) is 9.59 Å². The molecule has 4 aromatic rings. The molecule has 9 heteroatoms. The number of piperidine rings is 1. The third-order valence-electron chi connectivity index (χ3n) is 7.19. The number of carbonyl (C=O) groups excluding carboxylic acids is 2. The number of fused-ring (bicyclic) bond motifs is 3. The topological polar surface area (TPSA) is 106 Å². The van der Waals surface area contributed by atoms with Crippen LogP contribution in [-0.4, -0.2) is 66.8 Å². The Morgan fingerprint density at radius 1 is 1.03 bits per heavy atom. The number of amides is 1. The Labute approximate surface area is 227 Å². The highest BCUT2D eigenvalue weighted by Crippen LogP contribution is 2.29. The second-order valence-corrected chi connectivity index (χ2v) is 9.76. The summed E-state index contributed by atoms with van der Waals surface area (Å²) in [6.45, 7) is 4.49. The van der Waals surface area contributed by atoms with E-state index in [1.165, 1.54) is 7.11 Å². The number of likely N-dealkylation sites (tertiary alicyclic amines) is 1. The van der Waals surface area contributed by atoms with Gasteiger partial charge in [-0.05, 0) is 55.6 Å². The zero-order chi connectivity index (χ0) is 27.0. The molecule has 39 heavy (non-hydrogen) atoms. The quantitative estimate of drug-likeness (QED) is 0.240. The van der Waals surface area contributed by atoms with Crippen molar-refractivity contribution in [1.29, 1.82) is 0 Å². The van der Waals surface area contributed by atoms with Gasteiger partial charge in [0.15, 0.2) is 0 Å². The fourth-order valence-corrected chi connectivity index (χ4v) is 4.98. The van der Waals surface area contributed by atoms with Crippen LogP contribution in [-0.2, 0) is 16.1 Å². The number of nitrogens with one attached hydrogen (secondary N) is 2. The summed E-state index contributed by atoms with van der Waals surface area (Å²) in [6, 6.07) is 17.0. The molecule has 0 atom stereocenters. The first-order valence-electron chi connectivity index (χ1n) is 13.3. The van der Waals surface area contributed by atoms with Gasteiger partial charge in [-0.3, -0.25) is 4.98 Å². The van der Waals surface area contributed by atoms with E-state index in [0.29, 0.717) is 18.0 Å². The molecule has 0 bridgehead atoms. The number of carbonyl (C=O) groups is 2. The zero-order valence-electron chi connectivity index (χ0n) is 22.1. The molecule has 9 nitrogen and oxygen atoms in total. The highest BCUT2D eigenvalue weighted by molar-refractivity contribution is 6.10. The number of anilines is 1. The summed E-state index contributed by atoms with van der Waals surface area (Å²) >= 11 is 0. The molecule has 3 heterocycles. The minimum Gasteiger partial charge on any atom is -0.465 e. The van der Waals surface area contributed by atoms with Gasteiger partial charge in [0.05, 0.1) is 18.2 Å². The van der Waals surface area contributed by atoms with E-state index in [2.05, 4.69) is 20.5 Å². The predicted octanol–water partition coefficient (Wildman–Crippen LogP) is 4.62. The molecule has 2 aromatic heterocycles. The maximum atomic E-state index is 12.1. The van der Waals surface area contributed by atoms with Crippen LogP contribution in [0.2, 0.25) is 0 Å². The molecular weight excluding hydrogens is 494 g/mol. The number of methoxy groups -OCH3 is 1. The van der Waals surface area contributed by atoms with Crippen LogP contribution in [0, 0.1) is 5.92 Å². The van der Waals surface area contributed by atoms with E-state index >= 15 is 0 Å². The van der Waals surface area contributed by atoms with Gasteiger partial charge < -0.3 is 25.0 Å². The van der Waals surface area contributed by atoms with Crippen molar-refractivity contribution in [2.75, 3.05) is 45.2 Å². The van der Waals surface area contributed by atoms with Crippen molar-refractivity contribution < 1.29 is 19.1 Å². The lowest BCUT2D eigenvalue weighted by atomic mass is 9.97. The van der Waals surface area contributed by atoms with Crippen molar-refractivity contribution in [1.82, 2.24) is 20.2 Å². The third kappa shape index (κ3) is 6.61. The molecule has 5 rings (SSSR count). The van der Waals surface area contributed by atoms with Crippen molar-refractivity contribution in [3.8, 4) is 0 Å². The summed E-state index contributed by atoms with van der Waals surface area (Å²) in [5.74, 6) is 0.832. The summed E-state index contributed by atoms with van der Waals surface area (Å²) < 4.78 is 10.2. The zero-order valence-corrected chi connectivity index (χ0v) is 22.1. The number of nitrogens with zero attached hydrogens (tertiary/aromatic N) is 3. The Balaban J connectivity index is 1.11. The molecule has 2 aromatic carbocycles. The van der Waals surface area contributed by atoms with E-state index in [1.54, 1.807) is 18.3 Å². The van der Waals surface area contributed by atoms with Crippen molar-refractivity contribution >= 4 is 39.6 Å². The molecule has 0 radical (unpaired) electrons. The smallest absolute Gasteiger partial charge is 0.407 e. The summed E-state index contributed by atoms with van der Waals surface area (Å²) in [7, 11) is 1.37. The Morgan fingerprint density at radius 3 is 2.64 bits per heavy atom. The molecule has 202 valence electrons. The lowest BCUT2D eigenvalue weighted by molar-refractivity contribution is 0.0601. The fourth-order valence-electron chi connectivity index (χ4n) is 4.98. The number of hydrogen-bond acceptors (Lipinski definition) is 8. The van der Waals surface area contributed by atoms with E-state index < -0.39 is 0 Å². The molecule has 1 fully saturated rings. The standard InChI is InChI=1S/C30H33N5O4/c1-38-29(36)23-7-8-24-26-19-31-12-9-25(26)28(34-27(24)17-23)32-13-16-35-14-10-21(11-15-35)18-33-30(37)39-20-22-5-3-2-4-6-22/h2-9,12,17,19,21H,10-11,13-16,18,20H2,1H3,(H,32,34)(H,33,37). The SMILES string of the molecule is COC(=O)c1ccc2c(c1)nc(NCCN1CCC(CNC(=O)OCc3ccccc3)CC1)c1ccncc12. The number of aromatic nitrogens is 2. The summed E-state index contributed by atoms with van der Waals surface area (Å²) in [5, 5.41) is 9.33. The van der Waals surface area contributed by atoms with Crippen LogP contribution >= 0.6 is 0 Å². The van der Waals surface area contributed by atoms with Crippen LogP contribution in [0.15, 0.2) is 67.0 Å². The van der Waals surface area contributed by atoms with Gasteiger partial charge in [-0.2, -0.15) is 0 Å². The Morgan fingerprint density at radius 2 is 1.85 bits per heavy atom. The van der Waals surface area contributed by atoms with E-state index in [4.69, 9.17) is 14.5 Å². The summed E-state index contributed by atoms with van der Waals surface area (Å²) in [5.41, 5.74) is 2.16. The largest absolute Gasteiger partial charge is 0.465 e. The van der Waals surface area contributed by atoms with Crippen LogP contribution in [0.25, 0.3) is 21.7 Å². The maximum absolute atomic E-state index is 12.1. The minimum atomic E-state index is -0.387. The second kappa shape index (κ2) is 12.5. The second-order valence-electron chi connectivity index (χ2n) is 9.76. The molecule has 1 aliphatic heterocycles. The van der Waals surface area contributed by atoms with Gasteiger partial charge in [-0.1, -0.05) is 36.4 Å². The molecule has 1 amide bonds. The van der Waals surface area contributed by atoms with Crippen LogP contribution in [0.1, 0.15) is 28.8 Å². The average Bonchev–Trinajstić information content (AvgIpc) is 2.99. The third-order valence-corrected chi connectivity index (χ3v) is 7.19. The molecule has 0 saturated carbocycles. The molecule has 2 N–H and O–H groups in total. The lowest BCUT2D eigenvalue weighted by Gasteiger charge is -2.32. The van der Waals surface area contributed by atoms with Gasteiger partial charge in [0.1, 0.15) is 12.4 Å². The van der Waals surface area contributed by atoms with E-state index in [0.717, 1.165) is 72.1 Å². The highest BCUT2D eigenvalue weighted by Gasteiger charge is 2.20. The van der Waals surface area contributed by atoms with Gasteiger partial charge >= 0.3 is 12.1 Å². The van der Waals surface area contributed by atoms with E-state index in [-0.39, 0.29) is 18.7 Å². The highest BCUT2D eigenvalue weighted by atomic mass is 16.5. The Hall–Kier alpha value is -4.24. The van der Waals surface area contributed by atoms with Crippen LogP contribution in [0.5, 0.6) is 0 Å². The molecule has 1 aliphatic rings. The first-order valence-corrected chi connectivity index (χ1v) is 13.3. The summed E-state index contributed by atoms with van der Waals surface area (Å²) in [6.07, 6.45) is 5.28. The minimum absolute atomic E-state index is 0.280. The van der Waals surface area contributed by atoms with Gasteiger partial charge in [-0.15, -0.1) is 0 Å². The Bertz CT molecular complexity index is 1440. The average molecular weight is 528 g/mol. The van der Waals surface area contributed by atoms with E-state index in [1.807, 2.05) is 48.7 Å². The maximum Gasteiger partial charge on any atom is 0.407 e. The Kier molecular flexibility index (Phi) is 8.48. The molecule has 0 aliphatic carbocycles. The number of alkyl carbamates (subject to hydrolysis) is 1. The lowest BCUT2D eigenvalue weighted by Crippen LogP contribution is -2.40. The molecule has 0 spiro atoms. The van der Waals surface area contributed by atoms with Crippen molar-refractivity contribution in [3.05, 3.63) is 78.1 Å². The predicted molar refractivity (Wildman–Crippen MR) is 151 cm³/mol. The molecule has 1 saturated heterocycles. The van der Waals surface area contributed by atoms with Gasteiger partial charge in [0.25, 0.3) is 0 Å². The number of benzene rings is 2. The van der Waals surface area contributed by atoms with Gasteiger partial charge in [0, 0.05) is 48.2 Å². The first kappa shape index (κ1) is 26.4. The first-order chi connectivity index (χ1) is 19.1. The van der Waals surface area contributed by atoms with Crippen molar-refractivity contribution in [3.63, 3.8) is 0 Å². The molecular formula is C30H33N5O4. The number of hydrogen-bond donors (Lipinski definition) is 2. The monoisotopic (exact) mass is 527 g/mol. The van der Waals surface area contributed by atoms with Crippen molar-refractivity contribution in [2.45, 2.75) is 19.4 Å². The van der Waals surface area contributed by atoms with Gasteiger partial charge in [-0.25, -0.2) is 14.6 Å². The molecule has 0 unspecified atom stereocenters. The normalized spacial score (nSPS) is 14.3. The van der Waals surface area contributed by atoms with Crippen LogP contribution < -0.4 is 10.6 Å². The number of ether oxygens (including phenoxy) is 2. The fraction of sp³-hybridized carbons (Fsp3) is 0.333. The van der Waals surface area contributed by atoms with Gasteiger partial charge in [0.2, 0.25) is 0 Å². The van der Waals surface area contributed by atoms with Crippen LogP contribution in [0.3, 0.4) is 0 Å².